The van der Waals surface area contributed by atoms with Crippen LogP contribution in [0, 0.1) is 17.3 Å². The second kappa shape index (κ2) is 21.3. The number of hydrogen-bond acceptors (Lipinski definition) is 0. The summed E-state index contributed by atoms with van der Waals surface area (Å²) >= 11 is 0. The van der Waals surface area contributed by atoms with Gasteiger partial charge in [0.1, 0.15) is 0 Å². The van der Waals surface area contributed by atoms with Crippen molar-refractivity contribution in [2.45, 2.75) is 97.9 Å². The molecular weight excluding hydrogens is 204 g/mol. The first kappa shape index (κ1) is 36.0. The van der Waals surface area contributed by atoms with Crippen molar-refractivity contribution < 1.29 is 0 Å². The lowest BCUT2D eigenvalue weighted by Gasteiger charge is -2.05. The second-order valence-electron chi connectivity index (χ2n) is 6.53. The summed E-state index contributed by atoms with van der Waals surface area (Å²) < 4.78 is 0. The minimum absolute atomic E-state index is 0. The van der Waals surface area contributed by atoms with E-state index in [2.05, 4.69) is 69.2 Å². The summed E-state index contributed by atoms with van der Waals surface area (Å²) in [5.41, 5.74) is 0.500. The first-order valence-electron chi connectivity index (χ1n) is 6.00. The molecule has 0 heteroatoms. The van der Waals surface area contributed by atoms with Gasteiger partial charge in [-0.05, 0) is 17.3 Å². The molecule has 0 atom stereocenters. The minimum atomic E-state index is 0. The van der Waals surface area contributed by atoms with Crippen molar-refractivity contribution in [2.75, 3.05) is 0 Å². The van der Waals surface area contributed by atoms with Gasteiger partial charge in [-0.15, -0.1) is 0 Å². The smallest absolute Gasteiger partial charge is 0.0411 e. The van der Waals surface area contributed by atoms with Crippen molar-refractivity contribution >= 4 is 0 Å². The van der Waals surface area contributed by atoms with E-state index < -0.39 is 0 Å². The summed E-state index contributed by atoms with van der Waals surface area (Å²) in [5.74, 6) is 1.72. The third-order valence-electron chi connectivity index (χ3n) is 0.816. The Morgan fingerprint density at radius 3 is 0.765 bits per heavy atom. The molecule has 0 bridgehead atoms. The molecule has 17 heavy (non-hydrogen) atoms. The molecule has 0 spiro atoms. The van der Waals surface area contributed by atoms with E-state index in [1.165, 1.54) is 6.42 Å². The van der Waals surface area contributed by atoms with Crippen molar-refractivity contribution in [2.24, 2.45) is 17.3 Å². The summed E-state index contributed by atoms with van der Waals surface area (Å²) in [4.78, 5) is 0. The van der Waals surface area contributed by atoms with Crippen LogP contribution in [0.5, 0.6) is 0 Å². The van der Waals surface area contributed by atoms with Gasteiger partial charge in [-0.25, -0.2) is 0 Å². The molecule has 0 saturated heterocycles. The lowest BCUT2D eigenvalue weighted by atomic mass is 10.0. The maximum absolute atomic E-state index is 2.22. The van der Waals surface area contributed by atoms with Crippen LogP contribution in [0.3, 0.4) is 0 Å². The zero-order valence-electron chi connectivity index (χ0n) is 12.4. The molecule has 0 aliphatic rings. The maximum Gasteiger partial charge on any atom is -0.0411 e. The van der Waals surface area contributed by atoms with Gasteiger partial charge >= 0.3 is 0 Å². The van der Waals surface area contributed by atoms with Crippen LogP contribution < -0.4 is 0 Å². The zero-order valence-corrected chi connectivity index (χ0v) is 12.4. The van der Waals surface area contributed by atoms with Crippen LogP contribution >= 0.6 is 0 Å². The van der Waals surface area contributed by atoms with Crippen LogP contribution in [-0.4, -0.2) is 0 Å². The molecule has 0 nitrogen and oxygen atoms in total. The molecule has 0 aromatic carbocycles. The van der Waals surface area contributed by atoms with Gasteiger partial charge in [0.25, 0.3) is 0 Å². The minimum Gasteiger partial charge on any atom is -0.0776 e. The van der Waals surface area contributed by atoms with E-state index in [-0.39, 0.29) is 22.3 Å². The van der Waals surface area contributed by atoms with Crippen molar-refractivity contribution in [3.8, 4) is 0 Å². The average molecular weight is 251 g/mol. The second-order valence-corrected chi connectivity index (χ2v) is 6.53. The molecule has 0 N–H and O–H groups in total. The Bertz CT molecular complexity index is 73.9. The van der Waals surface area contributed by atoms with E-state index in [1.807, 2.05) is 0 Å². The van der Waals surface area contributed by atoms with E-state index in [4.69, 9.17) is 0 Å². The summed E-state index contributed by atoms with van der Waals surface area (Å²) in [6.45, 7) is 21.9. The molecule has 0 unspecified atom stereocenters. The SMILES string of the molecule is C.C.C.CC(C)(C)C.CC(C)C.CCC(C)C. The fraction of sp³-hybridized carbons (Fsp3) is 1.00. The topological polar surface area (TPSA) is 0 Å². The Balaban J connectivity index is -0.0000000247. The van der Waals surface area contributed by atoms with Crippen LogP contribution in [0.25, 0.3) is 0 Å². The number of rotatable bonds is 1. The summed E-state index contributed by atoms with van der Waals surface area (Å²) in [5, 5.41) is 0. The van der Waals surface area contributed by atoms with E-state index in [1.54, 1.807) is 0 Å². The van der Waals surface area contributed by atoms with Gasteiger partial charge in [-0.1, -0.05) is 97.9 Å². The predicted octanol–water partition coefficient (Wildman–Crippen LogP) is 7.68. The van der Waals surface area contributed by atoms with Crippen molar-refractivity contribution in [3.63, 3.8) is 0 Å². The molecule has 0 saturated carbocycles. The Hall–Kier alpha value is 0. The first-order valence-corrected chi connectivity index (χ1v) is 6.00. The molecule has 0 radical (unpaired) electrons. The van der Waals surface area contributed by atoms with Crippen LogP contribution in [-0.2, 0) is 0 Å². The van der Waals surface area contributed by atoms with Crippen LogP contribution in [0.4, 0.5) is 0 Å². The van der Waals surface area contributed by atoms with Crippen LogP contribution in [0.15, 0.2) is 0 Å². The predicted molar refractivity (Wildman–Crippen MR) is 91.0 cm³/mol. The zero-order chi connectivity index (χ0) is 12.4. The Labute approximate surface area is 116 Å². The Morgan fingerprint density at radius 2 is 0.765 bits per heavy atom. The van der Waals surface area contributed by atoms with Crippen molar-refractivity contribution in [3.05, 3.63) is 0 Å². The van der Waals surface area contributed by atoms with Gasteiger partial charge in [0.05, 0.1) is 0 Å². The maximum atomic E-state index is 2.22. The molecule has 0 amide bonds. The van der Waals surface area contributed by atoms with E-state index in [0.29, 0.717) is 5.41 Å². The summed E-state index contributed by atoms with van der Waals surface area (Å²) in [7, 11) is 0. The quantitative estimate of drug-likeness (QED) is 0.448. The van der Waals surface area contributed by atoms with Crippen LogP contribution in [0.2, 0.25) is 0 Å². The van der Waals surface area contributed by atoms with Gasteiger partial charge < -0.3 is 0 Å². The third-order valence-corrected chi connectivity index (χ3v) is 0.816. The highest BCUT2D eigenvalue weighted by atomic mass is 14.0. The largest absolute Gasteiger partial charge is 0.0776 e. The van der Waals surface area contributed by atoms with Crippen LogP contribution in [0.1, 0.15) is 97.9 Å². The average Bonchev–Trinajstić information content (AvgIpc) is 1.82. The monoisotopic (exact) mass is 250 g/mol. The van der Waals surface area contributed by atoms with Gasteiger partial charge in [0.15, 0.2) is 0 Å². The van der Waals surface area contributed by atoms with Gasteiger partial charge in [0.2, 0.25) is 0 Å². The number of hydrogen-bond donors (Lipinski definition) is 0. The van der Waals surface area contributed by atoms with Gasteiger partial charge in [-0.2, -0.15) is 0 Å². The fourth-order valence-electron chi connectivity index (χ4n) is 0. The van der Waals surface area contributed by atoms with Crippen molar-refractivity contribution in [1.29, 1.82) is 0 Å². The Morgan fingerprint density at radius 1 is 0.706 bits per heavy atom. The summed E-state index contributed by atoms with van der Waals surface area (Å²) in [6, 6.07) is 0. The molecular formula is C17H46. The highest BCUT2D eigenvalue weighted by Crippen LogP contribution is 2.08. The molecule has 0 aromatic heterocycles. The first-order chi connectivity index (χ1) is 6.00. The van der Waals surface area contributed by atoms with Crippen molar-refractivity contribution in [1.82, 2.24) is 0 Å². The molecule has 0 fully saturated rings. The highest BCUT2D eigenvalue weighted by Gasteiger charge is 1.95. The third kappa shape index (κ3) is 784. The van der Waals surface area contributed by atoms with Gasteiger partial charge in [0, 0.05) is 0 Å². The van der Waals surface area contributed by atoms with E-state index >= 15 is 0 Å². The molecule has 0 aliphatic carbocycles. The lowest BCUT2D eigenvalue weighted by Crippen LogP contribution is -1.93. The fourth-order valence-corrected chi connectivity index (χ4v) is 0. The van der Waals surface area contributed by atoms with Gasteiger partial charge in [-0.3, -0.25) is 0 Å². The molecule has 114 valence electrons. The normalized spacial score (nSPS) is 8.47. The summed E-state index contributed by atoms with van der Waals surface area (Å²) in [6.07, 6.45) is 1.31. The highest BCUT2D eigenvalue weighted by molar-refractivity contribution is 4.47. The lowest BCUT2D eigenvalue weighted by molar-refractivity contribution is 0.469. The molecule has 0 aliphatic heterocycles. The Kier molecular flexibility index (Phi) is 45.1. The van der Waals surface area contributed by atoms with E-state index in [9.17, 15) is 0 Å². The molecule has 0 heterocycles. The standard InChI is InChI=1S/2C5H12.C4H10.3CH4/c1-5(2,3)4;1-4-5(2)3;1-4(2)3;;;/h1-4H3;5H,4H2,1-3H3;4H,1-3H3;3*1H4. The molecule has 0 rings (SSSR count). The molecule has 0 aromatic rings. The van der Waals surface area contributed by atoms with E-state index in [0.717, 1.165) is 11.8 Å².